The van der Waals surface area contributed by atoms with Crippen molar-refractivity contribution in [2.45, 2.75) is 39.2 Å². The maximum Gasteiger partial charge on any atom is 0.122 e. The van der Waals surface area contributed by atoms with Crippen LogP contribution in [0.2, 0.25) is 0 Å². The summed E-state index contributed by atoms with van der Waals surface area (Å²) in [7, 11) is 1.73. The standard InChI is InChI=1S/C16H23NO/c1-9-8-14(18-3)10(2)7-13(9)16(17)15-11-5-4-6-12(11)15/h7-8,11-12,15-16H,4-6,17H2,1-3H3. The number of hydrogen-bond donors (Lipinski definition) is 1. The van der Waals surface area contributed by atoms with Gasteiger partial charge in [-0.05, 0) is 67.2 Å². The Morgan fingerprint density at radius 1 is 1.17 bits per heavy atom. The van der Waals surface area contributed by atoms with Crippen LogP contribution >= 0.6 is 0 Å². The van der Waals surface area contributed by atoms with Crippen molar-refractivity contribution in [1.29, 1.82) is 0 Å². The fraction of sp³-hybridized carbons (Fsp3) is 0.625. The molecule has 3 rings (SSSR count). The van der Waals surface area contributed by atoms with Crippen molar-refractivity contribution in [3.63, 3.8) is 0 Å². The third-order valence-corrected chi connectivity index (χ3v) is 5.03. The van der Waals surface area contributed by atoms with Gasteiger partial charge in [-0.2, -0.15) is 0 Å². The Labute approximate surface area is 110 Å². The zero-order valence-electron chi connectivity index (χ0n) is 11.6. The minimum absolute atomic E-state index is 0.227. The SMILES string of the molecule is COc1cc(C)c(C(N)C2C3CCCC32)cc1C. The van der Waals surface area contributed by atoms with E-state index in [4.69, 9.17) is 10.5 Å². The van der Waals surface area contributed by atoms with Crippen LogP contribution in [-0.2, 0) is 0 Å². The molecule has 2 fully saturated rings. The van der Waals surface area contributed by atoms with Crippen LogP contribution in [-0.4, -0.2) is 7.11 Å². The van der Waals surface area contributed by atoms with E-state index in [1.165, 1.54) is 36.0 Å². The molecule has 2 saturated carbocycles. The number of benzene rings is 1. The Morgan fingerprint density at radius 2 is 1.83 bits per heavy atom. The van der Waals surface area contributed by atoms with Gasteiger partial charge in [-0.15, -0.1) is 0 Å². The number of aryl methyl sites for hydroxylation is 2. The molecule has 2 aliphatic carbocycles. The lowest BCUT2D eigenvalue weighted by Gasteiger charge is -2.19. The number of fused-ring (bicyclic) bond motifs is 1. The minimum atomic E-state index is 0.227. The maximum absolute atomic E-state index is 6.51. The molecule has 98 valence electrons. The van der Waals surface area contributed by atoms with Gasteiger partial charge in [0.05, 0.1) is 7.11 Å². The van der Waals surface area contributed by atoms with Crippen LogP contribution < -0.4 is 10.5 Å². The molecule has 0 aliphatic heterocycles. The highest BCUT2D eigenvalue weighted by atomic mass is 16.5. The molecule has 0 saturated heterocycles. The van der Waals surface area contributed by atoms with Crippen LogP contribution in [0.3, 0.4) is 0 Å². The average molecular weight is 245 g/mol. The van der Waals surface area contributed by atoms with Crippen LogP contribution in [0, 0.1) is 31.6 Å². The lowest BCUT2D eigenvalue weighted by molar-refractivity contribution is 0.410. The Morgan fingerprint density at radius 3 is 2.44 bits per heavy atom. The Hall–Kier alpha value is -1.02. The summed E-state index contributed by atoms with van der Waals surface area (Å²) in [6, 6.07) is 4.58. The van der Waals surface area contributed by atoms with E-state index in [9.17, 15) is 0 Å². The summed E-state index contributed by atoms with van der Waals surface area (Å²) in [5, 5.41) is 0. The monoisotopic (exact) mass is 245 g/mol. The van der Waals surface area contributed by atoms with E-state index in [0.717, 1.165) is 23.5 Å². The lowest BCUT2D eigenvalue weighted by atomic mass is 9.93. The van der Waals surface area contributed by atoms with Crippen molar-refractivity contribution in [2.24, 2.45) is 23.5 Å². The second-order valence-electron chi connectivity index (χ2n) is 6.04. The number of ether oxygens (including phenoxy) is 1. The van der Waals surface area contributed by atoms with Gasteiger partial charge in [-0.25, -0.2) is 0 Å². The lowest BCUT2D eigenvalue weighted by Crippen LogP contribution is -2.17. The van der Waals surface area contributed by atoms with Crippen LogP contribution in [0.15, 0.2) is 12.1 Å². The first kappa shape index (κ1) is 12.0. The first-order chi connectivity index (χ1) is 8.63. The molecule has 0 bridgehead atoms. The normalized spacial score (nSPS) is 31.0. The Balaban J connectivity index is 1.86. The predicted octanol–water partition coefficient (Wildman–Crippen LogP) is 3.36. The highest BCUT2D eigenvalue weighted by molar-refractivity contribution is 5.43. The van der Waals surface area contributed by atoms with E-state index < -0.39 is 0 Å². The summed E-state index contributed by atoms with van der Waals surface area (Å²) in [5.74, 6) is 3.55. The van der Waals surface area contributed by atoms with Crippen molar-refractivity contribution < 1.29 is 4.74 Å². The van der Waals surface area contributed by atoms with Crippen molar-refractivity contribution in [1.82, 2.24) is 0 Å². The van der Waals surface area contributed by atoms with E-state index in [2.05, 4.69) is 26.0 Å². The molecule has 1 aromatic rings. The summed E-state index contributed by atoms with van der Waals surface area (Å²) < 4.78 is 5.37. The summed E-state index contributed by atoms with van der Waals surface area (Å²) in [5.41, 5.74) is 10.3. The third kappa shape index (κ3) is 1.74. The van der Waals surface area contributed by atoms with Gasteiger partial charge in [0.1, 0.15) is 5.75 Å². The molecule has 0 amide bonds. The fourth-order valence-electron chi connectivity index (χ4n) is 4.01. The third-order valence-electron chi connectivity index (χ3n) is 5.03. The van der Waals surface area contributed by atoms with Gasteiger partial charge in [0.25, 0.3) is 0 Å². The average Bonchev–Trinajstić information content (AvgIpc) is 2.83. The molecule has 0 aromatic heterocycles. The molecular weight excluding hydrogens is 222 g/mol. The molecule has 2 aliphatic rings. The molecular formula is C16H23NO. The Kier molecular flexibility index (Phi) is 2.86. The van der Waals surface area contributed by atoms with E-state index in [0.29, 0.717) is 0 Å². The van der Waals surface area contributed by atoms with Gasteiger partial charge in [-0.3, -0.25) is 0 Å². The summed E-state index contributed by atoms with van der Waals surface area (Å²) in [6.45, 7) is 4.25. The topological polar surface area (TPSA) is 35.2 Å². The minimum Gasteiger partial charge on any atom is -0.496 e. The van der Waals surface area contributed by atoms with E-state index in [1.54, 1.807) is 7.11 Å². The first-order valence-corrected chi connectivity index (χ1v) is 7.04. The number of nitrogens with two attached hydrogens (primary N) is 1. The molecule has 2 nitrogen and oxygen atoms in total. The highest BCUT2D eigenvalue weighted by Gasteiger charge is 2.55. The molecule has 3 atom stereocenters. The van der Waals surface area contributed by atoms with Crippen LogP contribution in [0.4, 0.5) is 0 Å². The zero-order valence-corrected chi connectivity index (χ0v) is 11.6. The highest BCUT2D eigenvalue weighted by Crippen LogP contribution is 2.61. The molecule has 2 N–H and O–H groups in total. The number of hydrogen-bond acceptors (Lipinski definition) is 2. The van der Waals surface area contributed by atoms with E-state index in [1.807, 2.05) is 0 Å². The van der Waals surface area contributed by atoms with Crippen molar-refractivity contribution in [3.8, 4) is 5.75 Å². The molecule has 18 heavy (non-hydrogen) atoms. The van der Waals surface area contributed by atoms with Gasteiger partial charge in [0.15, 0.2) is 0 Å². The van der Waals surface area contributed by atoms with Crippen molar-refractivity contribution in [2.75, 3.05) is 7.11 Å². The molecule has 1 aromatic carbocycles. The van der Waals surface area contributed by atoms with E-state index >= 15 is 0 Å². The summed E-state index contributed by atoms with van der Waals surface area (Å²) in [4.78, 5) is 0. The number of methoxy groups -OCH3 is 1. The summed E-state index contributed by atoms with van der Waals surface area (Å²) >= 11 is 0. The second-order valence-corrected chi connectivity index (χ2v) is 6.04. The number of rotatable bonds is 3. The van der Waals surface area contributed by atoms with E-state index in [-0.39, 0.29) is 6.04 Å². The van der Waals surface area contributed by atoms with Gasteiger partial charge in [-0.1, -0.05) is 12.5 Å². The maximum atomic E-state index is 6.51. The summed E-state index contributed by atoms with van der Waals surface area (Å²) in [6.07, 6.45) is 4.22. The van der Waals surface area contributed by atoms with Crippen LogP contribution in [0.25, 0.3) is 0 Å². The molecule has 2 heteroatoms. The van der Waals surface area contributed by atoms with Gasteiger partial charge in [0, 0.05) is 6.04 Å². The molecule has 0 heterocycles. The first-order valence-electron chi connectivity index (χ1n) is 7.04. The van der Waals surface area contributed by atoms with Gasteiger partial charge >= 0.3 is 0 Å². The second kappa shape index (κ2) is 4.27. The predicted molar refractivity (Wildman–Crippen MR) is 73.7 cm³/mol. The fourth-order valence-corrected chi connectivity index (χ4v) is 4.01. The largest absolute Gasteiger partial charge is 0.496 e. The molecule has 0 spiro atoms. The van der Waals surface area contributed by atoms with Crippen molar-refractivity contribution in [3.05, 3.63) is 28.8 Å². The van der Waals surface area contributed by atoms with Gasteiger partial charge in [0.2, 0.25) is 0 Å². The van der Waals surface area contributed by atoms with Gasteiger partial charge < -0.3 is 10.5 Å². The quantitative estimate of drug-likeness (QED) is 0.886. The molecule has 0 radical (unpaired) electrons. The molecule has 3 unspecified atom stereocenters. The smallest absolute Gasteiger partial charge is 0.122 e. The Bertz CT molecular complexity index is 458. The van der Waals surface area contributed by atoms with Crippen LogP contribution in [0.1, 0.15) is 42.0 Å². The zero-order chi connectivity index (χ0) is 12.9. The van der Waals surface area contributed by atoms with Crippen LogP contribution in [0.5, 0.6) is 5.75 Å². The van der Waals surface area contributed by atoms with Crippen molar-refractivity contribution >= 4 is 0 Å².